The molecule has 268 valence electrons. The lowest BCUT2D eigenvalue weighted by atomic mass is 9.98. The van der Waals surface area contributed by atoms with Gasteiger partial charge in [-0.3, -0.25) is 9.48 Å². The summed E-state index contributed by atoms with van der Waals surface area (Å²) in [5.74, 6) is 1.26. The second-order valence-corrected chi connectivity index (χ2v) is 13.4. The highest BCUT2D eigenvalue weighted by Crippen LogP contribution is 2.37. The first-order chi connectivity index (χ1) is 24.5. The summed E-state index contributed by atoms with van der Waals surface area (Å²) in [7, 11) is 1.93. The number of aryl methyl sites for hydroxylation is 4. The summed E-state index contributed by atoms with van der Waals surface area (Å²) in [4.78, 5) is 32.6. The number of halogens is 1. The Morgan fingerprint density at radius 3 is 2.31 bits per heavy atom. The van der Waals surface area contributed by atoms with Crippen LogP contribution in [0.4, 0.5) is 5.69 Å². The monoisotopic (exact) mass is 711 g/mol. The van der Waals surface area contributed by atoms with E-state index in [1.807, 2.05) is 80.7 Å². The molecule has 1 fully saturated rings. The van der Waals surface area contributed by atoms with Gasteiger partial charge in [0.2, 0.25) is 5.91 Å². The summed E-state index contributed by atoms with van der Waals surface area (Å²) >= 11 is 6.35. The Kier molecular flexibility index (Phi) is 10.9. The van der Waals surface area contributed by atoms with Crippen molar-refractivity contribution in [1.82, 2.24) is 19.7 Å². The number of esters is 1. The third-order valence-corrected chi connectivity index (χ3v) is 10.2. The molecular weight excluding hydrogens is 666 g/mol. The summed E-state index contributed by atoms with van der Waals surface area (Å²) < 4.78 is 19.7. The fraction of sp³-hybridized carbons (Fsp3) is 0.375. The quantitative estimate of drug-likeness (QED) is 0.105. The van der Waals surface area contributed by atoms with Crippen LogP contribution in [0.5, 0.6) is 11.5 Å². The minimum Gasteiger partial charge on any atom is -0.494 e. The molecule has 1 saturated heterocycles. The number of anilines is 1. The smallest absolute Gasteiger partial charge is 0.355 e. The van der Waals surface area contributed by atoms with Crippen molar-refractivity contribution >= 4 is 40.1 Å². The number of carbonyl (C=O) groups excluding carboxylic acids is 2. The number of hydrogen-bond acceptors (Lipinski definition) is 7. The van der Waals surface area contributed by atoms with Gasteiger partial charge in [-0.15, -0.1) is 0 Å². The van der Waals surface area contributed by atoms with E-state index in [0.29, 0.717) is 25.1 Å². The molecule has 11 heteroatoms. The van der Waals surface area contributed by atoms with Crippen molar-refractivity contribution in [1.29, 1.82) is 0 Å². The van der Waals surface area contributed by atoms with E-state index in [-0.39, 0.29) is 25.1 Å². The Morgan fingerprint density at radius 1 is 0.941 bits per heavy atom. The molecule has 6 rings (SSSR count). The molecule has 3 heterocycles. The van der Waals surface area contributed by atoms with Crippen LogP contribution in [0, 0.1) is 20.8 Å². The number of nitrogens with zero attached hydrogens (tertiary/aromatic N) is 4. The van der Waals surface area contributed by atoms with Gasteiger partial charge in [0.15, 0.2) is 0 Å². The molecule has 1 aliphatic rings. The van der Waals surface area contributed by atoms with Crippen molar-refractivity contribution in [2.75, 3.05) is 44.3 Å². The minimum atomic E-state index is -0.379. The van der Waals surface area contributed by atoms with Gasteiger partial charge in [0.05, 0.1) is 18.7 Å². The first-order valence-electron chi connectivity index (χ1n) is 17.5. The zero-order valence-electron chi connectivity index (χ0n) is 30.3. The number of carbonyl (C=O) groups is 2. The molecule has 0 radical (unpaired) electrons. The van der Waals surface area contributed by atoms with Gasteiger partial charge in [-0.2, -0.15) is 5.10 Å². The summed E-state index contributed by atoms with van der Waals surface area (Å²) in [6.07, 6.45) is 1.32. The van der Waals surface area contributed by atoms with Crippen LogP contribution in [0.2, 0.25) is 5.02 Å². The van der Waals surface area contributed by atoms with Crippen LogP contribution in [0.1, 0.15) is 58.8 Å². The summed E-state index contributed by atoms with van der Waals surface area (Å²) in [6, 6.07) is 18.1. The van der Waals surface area contributed by atoms with E-state index < -0.39 is 0 Å². The molecule has 0 spiro atoms. The molecule has 0 saturated carbocycles. The maximum Gasteiger partial charge on any atom is 0.355 e. The molecule has 1 N–H and O–H groups in total. The van der Waals surface area contributed by atoms with Crippen molar-refractivity contribution in [2.45, 2.75) is 54.1 Å². The van der Waals surface area contributed by atoms with Gasteiger partial charge < -0.3 is 29.0 Å². The highest BCUT2D eigenvalue weighted by molar-refractivity contribution is 6.32. The van der Waals surface area contributed by atoms with Crippen molar-refractivity contribution in [3.8, 4) is 22.6 Å². The largest absolute Gasteiger partial charge is 0.494 e. The highest BCUT2D eigenvalue weighted by atomic mass is 35.5. The Morgan fingerprint density at radius 2 is 1.65 bits per heavy atom. The standard InChI is InChI=1S/C40H46ClN5O5/c1-7-49-40(48)39-33(12-9-21-50-31-22-25(2)37(41)26(3)23-31)32-10-8-11-34(38(32)42-39)36-27(4)44(6)43-35(36)24-51-30-15-13-29(14-16-30)46-19-17-45(18-20-46)28(5)47/h8,10-11,13-16,22-23,42H,7,9,12,17-21,24H2,1-6H3. The van der Waals surface area contributed by atoms with Crippen LogP contribution >= 0.6 is 11.6 Å². The number of hydrogen-bond donors (Lipinski definition) is 1. The molecule has 2 aromatic heterocycles. The zero-order valence-corrected chi connectivity index (χ0v) is 31.0. The lowest BCUT2D eigenvalue weighted by Gasteiger charge is -2.35. The van der Waals surface area contributed by atoms with Crippen molar-refractivity contribution in [3.05, 3.63) is 93.4 Å². The van der Waals surface area contributed by atoms with Crippen LogP contribution < -0.4 is 14.4 Å². The van der Waals surface area contributed by atoms with Gasteiger partial charge in [0.1, 0.15) is 29.5 Å². The van der Waals surface area contributed by atoms with Gasteiger partial charge in [0.25, 0.3) is 0 Å². The molecule has 1 amide bonds. The summed E-state index contributed by atoms with van der Waals surface area (Å²) in [5, 5.41) is 6.56. The number of para-hydroxylation sites is 1. The molecule has 51 heavy (non-hydrogen) atoms. The zero-order chi connectivity index (χ0) is 36.2. The normalized spacial score (nSPS) is 13.2. The molecule has 0 atom stereocenters. The van der Waals surface area contributed by atoms with Crippen LogP contribution in [-0.2, 0) is 29.6 Å². The molecular formula is C40H46ClN5O5. The third kappa shape index (κ3) is 7.71. The van der Waals surface area contributed by atoms with E-state index in [1.165, 1.54) is 0 Å². The van der Waals surface area contributed by atoms with Gasteiger partial charge in [-0.25, -0.2) is 4.79 Å². The summed E-state index contributed by atoms with van der Waals surface area (Å²) in [5.41, 5.74) is 8.95. The lowest BCUT2D eigenvalue weighted by Crippen LogP contribution is -2.48. The molecule has 0 aliphatic carbocycles. The number of benzene rings is 3. The number of aromatic nitrogens is 3. The Bertz CT molecular complexity index is 2020. The second kappa shape index (κ2) is 15.5. The van der Waals surface area contributed by atoms with Crippen molar-refractivity contribution < 1.29 is 23.8 Å². The van der Waals surface area contributed by atoms with E-state index in [4.69, 9.17) is 30.9 Å². The summed E-state index contributed by atoms with van der Waals surface area (Å²) in [6.45, 7) is 13.5. The van der Waals surface area contributed by atoms with Crippen LogP contribution in [0.25, 0.3) is 22.0 Å². The molecule has 1 aliphatic heterocycles. The second-order valence-electron chi connectivity index (χ2n) is 13.1. The van der Waals surface area contributed by atoms with Gasteiger partial charge in [0, 0.05) is 73.1 Å². The van der Waals surface area contributed by atoms with E-state index in [9.17, 15) is 9.59 Å². The molecule has 3 aromatic carbocycles. The van der Waals surface area contributed by atoms with E-state index in [2.05, 4.69) is 28.1 Å². The van der Waals surface area contributed by atoms with Crippen molar-refractivity contribution in [2.24, 2.45) is 7.05 Å². The van der Waals surface area contributed by atoms with Crippen LogP contribution in [-0.4, -0.2) is 70.9 Å². The molecule has 5 aromatic rings. The fourth-order valence-electron chi connectivity index (χ4n) is 6.86. The molecule has 0 unspecified atom stereocenters. The predicted octanol–water partition coefficient (Wildman–Crippen LogP) is 7.58. The van der Waals surface area contributed by atoms with E-state index in [1.54, 1.807) is 6.92 Å². The number of aromatic amines is 1. The number of ether oxygens (including phenoxy) is 3. The fourth-order valence-corrected chi connectivity index (χ4v) is 6.97. The topological polar surface area (TPSA) is 102 Å². The maximum atomic E-state index is 13.3. The highest BCUT2D eigenvalue weighted by Gasteiger charge is 2.24. The van der Waals surface area contributed by atoms with Gasteiger partial charge in [-0.05, 0) is 93.6 Å². The van der Waals surface area contributed by atoms with Gasteiger partial charge >= 0.3 is 5.97 Å². The number of H-pyrrole nitrogens is 1. The predicted molar refractivity (Wildman–Crippen MR) is 201 cm³/mol. The SMILES string of the molecule is CCOC(=O)c1[nH]c2c(-c3c(COc4ccc(N5CCN(C(C)=O)CC5)cc4)nn(C)c3C)cccc2c1CCCOc1cc(C)c(Cl)c(C)c1. The Balaban J connectivity index is 1.22. The average Bonchev–Trinajstić information content (AvgIpc) is 3.64. The van der Waals surface area contributed by atoms with Crippen molar-refractivity contribution in [3.63, 3.8) is 0 Å². The average molecular weight is 712 g/mol. The Hall–Kier alpha value is -4.96. The van der Waals surface area contributed by atoms with Crippen LogP contribution in [0.15, 0.2) is 54.6 Å². The lowest BCUT2D eigenvalue weighted by molar-refractivity contribution is -0.129. The number of fused-ring (bicyclic) bond motifs is 1. The van der Waals surface area contributed by atoms with E-state index in [0.717, 1.165) is 98.5 Å². The molecule has 10 nitrogen and oxygen atoms in total. The number of amides is 1. The van der Waals surface area contributed by atoms with Gasteiger partial charge in [-0.1, -0.05) is 29.8 Å². The molecule has 0 bridgehead atoms. The first kappa shape index (κ1) is 35.9. The first-order valence-corrected chi connectivity index (χ1v) is 17.9. The van der Waals surface area contributed by atoms with E-state index >= 15 is 0 Å². The number of nitrogens with one attached hydrogen (secondary N) is 1. The third-order valence-electron chi connectivity index (χ3n) is 9.65. The number of piperazine rings is 1. The number of rotatable bonds is 12. The van der Waals surface area contributed by atoms with Crippen LogP contribution in [0.3, 0.4) is 0 Å². The minimum absolute atomic E-state index is 0.122. The Labute approximate surface area is 304 Å². The maximum absolute atomic E-state index is 13.3.